The SMILES string of the molecule is C[C@H](NC(=O)c1cccc(NC2(C(N)=NC(=N)c3ccncc3)CCNCC2)c1)c1ccc(OCCCCCOCCCOCC(=O)Nc2cccc3c2CN(C2CCC(=O)NC2=O)C3=O)cc1. The molecule has 4 aromatic rings. The average Bonchev–Trinajstić information content (AvgIpc) is 3.68. The average molecular weight is 929 g/mol. The summed E-state index contributed by atoms with van der Waals surface area (Å²) in [5.74, 6) is -0.571. The molecule has 8 N–H and O–H groups in total. The van der Waals surface area contributed by atoms with E-state index >= 15 is 0 Å². The van der Waals surface area contributed by atoms with Crippen LogP contribution in [-0.4, -0.2) is 109 Å². The minimum atomic E-state index is -0.732. The monoisotopic (exact) mass is 928 g/mol. The lowest BCUT2D eigenvalue weighted by molar-refractivity contribution is -0.137. The Morgan fingerprint density at radius 3 is 2.43 bits per heavy atom. The maximum Gasteiger partial charge on any atom is 0.255 e. The van der Waals surface area contributed by atoms with E-state index in [0.717, 1.165) is 49.4 Å². The van der Waals surface area contributed by atoms with Gasteiger partial charge in [0, 0.05) is 78.8 Å². The molecular weight excluding hydrogens is 869 g/mol. The molecule has 3 aliphatic rings. The van der Waals surface area contributed by atoms with Crippen LogP contribution in [0.5, 0.6) is 5.75 Å². The van der Waals surface area contributed by atoms with Gasteiger partial charge in [0.2, 0.25) is 17.7 Å². The van der Waals surface area contributed by atoms with Gasteiger partial charge in [-0.25, -0.2) is 4.99 Å². The predicted octanol–water partition coefficient (Wildman–Crippen LogP) is 4.86. The highest BCUT2D eigenvalue weighted by molar-refractivity contribution is 6.08. The summed E-state index contributed by atoms with van der Waals surface area (Å²) in [5.41, 5.74) is 10.3. The molecule has 3 aromatic carbocycles. The number of benzene rings is 3. The van der Waals surface area contributed by atoms with Crippen LogP contribution < -0.4 is 37.1 Å². The van der Waals surface area contributed by atoms with Crippen molar-refractivity contribution < 1.29 is 38.2 Å². The Bertz CT molecular complexity index is 2460. The topological polar surface area (TPSA) is 252 Å². The Balaban J connectivity index is 0.744. The number of nitrogens with two attached hydrogens (primary N) is 1. The largest absolute Gasteiger partial charge is 0.494 e. The van der Waals surface area contributed by atoms with E-state index in [0.29, 0.717) is 79.5 Å². The molecule has 18 heteroatoms. The molecule has 0 saturated carbocycles. The van der Waals surface area contributed by atoms with Crippen molar-refractivity contribution in [3.63, 3.8) is 0 Å². The summed E-state index contributed by atoms with van der Waals surface area (Å²) < 4.78 is 17.3. The van der Waals surface area contributed by atoms with Crippen molar-refractivity contribution in [2.75, 3.05) is 56.8 Å². The number of nitrogens with zero attached hydrogens (tertiary/aromatic N) is 3. The van der Waals surface area contributed by atoms with Crippen molar-refractivity contribution in [1.29, 1.82) is 5.41 Å². The van der Waals surface area contributed by atoms with Crippen LogP contribution in [-0.2, 0) is 30.4 Å². The van der Waals surface area contributed by atoms with Gasteiger partial charge in [-0.2, -0.15) is 0 Å². The Morgan fingerprint density at radius 2 is 1.65 bits per heavy atom. The van der Waals surface area contributed by atoms with Crippen LogP contribution in [0.1, 0.15) is 102 Å². The Morgan fingerprint density at radius 1 is 0.912 bits per heavy atom. The van der Waals surface area contributed by atoms with Crippen LogP contribution in [0.3, 0.4) is 0 Å². The first-order valence-electron chi connectivity index (χ1n) is 23.2. The summed E-state index contributed by atoms with van der Waals surface area (Å²) in [5, 5.41) is 23.6. The number of piperidine rings is 2. The lowest BCUT2D eigenvalue weighted by Gasteiger charge is -2.38. The first-order valence-corrected chi connectivity index (χ1v) is 23.2. The molecule has 18 nitrogen and oxygen atoms in total. The van der Waals surface area contributed by atoms with Crippen molar-refractivity contribution >= 4 is 52.6 Å². The number of ether oxygens (including phenoxy) is 3. The molecule has 0 aliphatic carbocycles. The number of fused-ring (bicyclic) bond motifs is 1. The number of hydrogen-bond acceptors (Lipinski definition) is 12. The van der Waals surface area contributed by atoms with Gasteiger partial charge in [0.1, 0.15) is 24.2 Å². The van der Waals surface area contributed by atoms with Gasteiger partial charge in [0.25, 0.3) is 11.8 Å². The molecule has 68 heavy (non-hydrogen) atoms. The number of amides is 5. The van der Waals surface area contributed by atoms with Gasteiger partial charge in [-0.3, -0.25) is 39.7 Å². The van der Waals surface area contributed by atoms with E-state index in [1.54, 1.807) is 48.8 Å². The maximum absolute atomic E-state index is 13.4. The molecule has 7 rings (SSSR count). The normalized spacial score (nSPS) is 17.2. The predicted molar refractivity (Wildman–Crippen MR) is 257 cm³/mol. The first kappa shape index (κ1) is 48.9. The third-order valence-corrected chi connectivity index (χ3v) is 12.2. The number of carbonyl (C=O) groups is 5. The van der Waals surface area contributed by atoms with Gasteiger partial charge in [0.15, 0.2) is 5.84 Å². The number of anilines is 2. The van der Waals surface area contributed by atoms with Gasteiger partial charge in [-0.15, -0.1) is 0 Å². The number of aromatic nitrogens is 1. The fraction of sp³-hybridized carbons (Fsp3) is 0.400. The van der Waals surface area contributed by atoms with Crippen molar-refractivity contribution in [3.8, 4) is 5.75 Å². The maximum atomic E-state index is 13.4. The van der Waals surface area contributed by atoms with E-state index in [2.05, 4.69) is 36.6 Å². The third-order valence-electron chi connectivity index (χ3n) is 12.2. The first-order chi connectivity index (χ1) is 33.0. The van der Waals surface area contributed by atoms with E-state index in [9.17, 15) is 24.0 Å². The highest BCUT2D eigenvalue weighted by Crippen LogP contribution is 2.32. The fourth-order valence-electron chi connectivity index (χ4n) is 8.42. The zero-order valence-electron chi connectivity index (χ0n) is 38.3. The number of imide groups is 1. The van der Waals surface area contributed by atoms with Crippen LogP contribution in [0, 0.1) is 5.41 Å². The molecule has 2 saturated heterocycles. The Hall–Kier alpha value is -7.02. The van der Waals surface area contributed by atoms with Crippen LogP contribution in [0.4, 0.5) is 11.4 Å². The minimum Gasteiger partial charge on any atom is -0.494 e. The quantitative estimate of drug-likeness (QED) is 0.0242. The van der Waals surface area contributed by atoms with Crippen LogP contribution in [0.25, 0.3) is 0 Å². The smallest absolute Gasteiger partial charge is 0.255 e. The molecule has 0 spiro atoms. The van der Waals surface area contributed by atoms with Crippen molar-refractivity contribution in [3.05, 3.63) is 119 Å². The zero-order chi connectivity index (χ0) is 47.9. The fourth-order valence-corrected chi connectivity index (χ4v) is 8.42. The van der Waals surface area contributed by atoms with Crippen molar-refractivity contribution in [1.82, 2.24) is 25.8 Å². The molecular formula is C50H60N10O8. The molecule has 4 heterocycles. The van der Waals surface area contributed by atoms with E-state index in [1.165, 1.54) is 4.90 Å². The lowest BCUT2D eigenvalue weighted by Crippen LogP contribution is -2.56. The van der Waals surface area contributed by atoms with Gasteiger partial charge in [-0.1, -0.05) is 24.3 Å². The van der Waals surface area contributed by atoms with Gasteiger partial charge < -0.3 is 46.1 Å². The van der Waals surface area contributed by atoms with Crippen LogP contribution >= 0.6 is 0 Å². The van der Waals surface area contributed by atoms with Crippen LogP contribution in [0.15, 0.2) is 96.2 Å². The second-order valence-electron chi connectivity index (χ2n) is 17.1. The number of rotatable bonds is 22. The highest BCUT2D eigenvalue weighted by atomic mass is 16.5. The van der Waals surface area contributed by atoms with Gasteiger partial charge in [0.05, 0.1) is 18.2 Å². The summed E-state index contributed by atoms with van der Waals surface area (Å²) in [6.07, 6.45) is 8.29. The van der Waals surface area contributed by atoms with Crippen molar-refractivity contribution in [2.24, 2.45) is 10.7 Å². The molecule has 3 aliphatic heterocycles. The molecule has 0 radical (unpaired) electrons. The molecule has 1 unspecified atom stereocenters. The minimum absolute atomic E-state index is 0.0607. The molecule has 1 aromatic heterocycles. The van der Waals surface area contributed by atoms with E-state index in [-0.39, 0.29) is 61.5 Å². The van der Waals surface area contributed by atoms with E-state index < -0.39 is 17.5 Å². The number of hydrogen-bond donors (Lipinski definition) is 7. The summed E-state index contributed by atoms with van der Waals surface area (Å²) in [6, 6.07) is 22.6. The summed E-state index contributed by atoms with van der Waals surface area (Å²) in [4.78, 5) is 73.1. The summed E-state index contributed by atoms with van der Waals surface area (Å²) >= 11 is 0. The number of nitrogens with one attached hydrogen (secondary N) is 6. The van der Waals surface area contributed by atoms with E-state index in [1.807, 2.05) is 49.4 Å². The molecule has 2 fully saturated rings. The highest BCUT2D eigenvalue weighted by Gasteiger charge is 2.40. The van der Waals surface area contributed by atoms with E-state index in [4.69, 9.17) is 25.4 Å². The number of aliphatic imine (C=N–C) groups is 1. The zero-order valence-corrected chi connectivity index (χ0v) is 38.3. The Kier molecular flexibility index (Phi) is 17.0. The summed E-state index contributed by atoms with van der Waals surface area (Å²) in [6.45, 7) is 5.42. The number of unbranched alkanes of at least 4 members (excludes halogenated alkanes) is 2. The Labute approximate surface area is 395 Å². The van der Waals surface area contributed by atoms with Crippen LogP contribution in [0.2, 0.25) is 0 Å². The number of amidine groups is 2. The number of pyridine rings is 1. The van der Waals surface area contributed by atoms with Gasteiger partial charge in [-0.05, 0) is 125 Å². The molecule has 0 bridgehead atoms. The van der Waals surface area contributed by atoms with Crippen molar-refractivity contribution in [2.45, 2.75) is 82.5 Å². The third kappa shape index (κ3) is 12.9. The van der Waals surface area contributed by atoms with Gasteiger partial charge >= 0.3 is 0 Å². The second-order valence-corrected chi connectivity index (χ2v) is 17.1. The number of carbonyl (C=O) groups excluding carboxylic acids is 5. The molecule has 5 amide bonds. The lowest BCUT2D eigenvalue weighted by atomic mass is 9.86. The molecule has 2 atom stereocenters. The molecule has 358 valence electrons. The standard InChI is InChI=1S/C50H60N10O8/c1-33(55-46(63)36-8-5-9-37(30-36)59-50(20-24-54-25-21-50)49(52)58-45(51)35-18-22-53-23-19-35)34-12-14-38(15-13-34)68-29-4-2-3-26-66-27-7-28-67-32-44(62)56-41-11-6-10-39-40(41)31-60(48(39)65)42-16-17-43(61)57-47(42)64/h5-6,8-15,18-19,22-23,30,33,42,54,59H,2-4,7,16-17,20-21,24-29,31-32H2,1H3,(H,55,63)(H,56,62)(H3,51,52,58)(H,57,61,64)/t33-,42?/m0/s1. The second kappa shape index (κ2) is 23.6. The summed E-state index contributed by atoms with van der Waals surface area (Å²) in [7, 11) is 0.